The average molecular weight is 258 g/mol. The first-order valence-electron chi connectivity index (χ1n) is 6.34. The van der Waals surface area contributed by atoms with E-state index in [2.05, 4.69) is 15.3 Å². The molecule has 0 radical (unpaired) electrons. The van der Waals surface area contributed by atoms with Crippen LogP contribution in [0.25, 0.3) is 0 Å². The minimum atomic E-state index is -0.223. The number of hydrogen-bond donors (Lipinski definition) is 2. The van der Waals surface area contributed by atoms with Crippen LogP contribution in [0.1, 0.15) is 30.1 Å². The molecule has 19 heavy (non-hydrogen) atoms. The summed E-state index contributed by atoms with van der Waals surface area (Å²) >= 11 is 0. The van der Waals surface area contributed by atoms with E-state index in [4.69, 9.17) is 5.73 Å². The molecule has 1 aromatic heterocycles. The summed E-state index contributed by atoms with van der Waals surface area (Å²) in [5, 5.41) is 3.09. The smallest absolute Gasteiger partial charge is 0.136 e. The molecule has 2 aromatic rings. The van der Waals surface area contributed by atoms with Crippen LogP contribution in [-0.4, -0.2) is 9.97 Å². The third-order valence-electron chi connectivity index (χ3n) is 3.12. The lowest BCUT2D eigenvalue weighted by molar-refractivity contribution is 0.613. The molecule has 1 heterocycles. The quantitative estimate of drug-likeness (QED) is 0.885. The first-order chi connectivity index (χ1) is 9.22. The van der Waals surface area contributed by atoms with E-state index in [9.17, 15) is 4.39 Å². The lowest BCUT2D eigenvalue weighted by Gasteiger charge is -2.08. The number of nitrogens with zero attached hydrogens (tertiary/aromatic N) is 2. The van der Waals surface area contributed by atoms with E-state index in [1.165, 1.54) is 6.07 Å². The Morgan fingerprint density at radius 3 is 2.79 bits per heavy atom. The molecule has 0 atom stereocenters. The molecule has 0 unspecified atom stereocenters. The van der Waals surface area contributed by atoms with Crippen LogP contribution in [0.2, 0.25) is 0 Å². The van der Waals surface area contributed by atoms with Crippen LogP contribution >= 0.6 is 0 Å². The highest BCUT2D eigenvalue weighted by molar-refractivity contribution is 5.45. The van der Waals surface area contributed by atoms with Gasteiger partial charge in [-0.1, -0.05) is 18.2 Å². The topological polar surface area (TPSA) is 63.8 Å². The predicted octanol–water partition coefficient (Wildman–Crippen LogP) is 2.69. The Bertz CT molecular complexity index is 596. The average Bonchev–Trinajstić information content (AvgIpc) is 3.21. The summed E-state index contributed by atoms with van der Waals surface area (Å²) in [6.45, 7) is 0.382. The molecule has 0 aliphatic heterocycles. The number of anilines is 2. The molecule has 0 bridgehead atoms. The first kappa shape index (κ1) is 11.9. The Kier molecular flexibility index (Phi) is 3.03. The number of rotatable bonds is 4. The van der Waals surface area contributed by atoms with Gasteiger partial charge in [0.1, 0.15) is 23.3 Å². The van der Waals surface area contributed by atoms with Gasteiger partial charge in [-0.25, -0.2) is 14.4 Å². The number of aromatic nitrogens is 2. The molecular formula is C14H15FN4. The summed E-state index contributed by atoms with van der Waals surface area (Å²) in [5.41, 5.74) is 6.36. The van der Waals surface area contributed by atoms with Crippen molar-refractivity contribution in [2.24, 2.45) is 0 Å². The second-order valence-corrected chi connectivity index (χ2v) is 4.76. The lowest BCUT2D eigenvalue weighted by Crippen LogP contribution is -2.07. The summed E-state index contributed by atoms with van der Waals surface area (Å²) in [5.74, 6) is 2.11. The number of nitrogens with two attached hydrogens (primary N) is 1. The maximum absolute atomic E-state index is 13.5. The van der Waals surface area contributed by atoms with E-state index in [1.807, 2.05) is 6.07 Å². The van der Waals surface area contributed by atoms with Crippen LogP contribution in [0.3, 0.4) is 0 Å². The van der Waals surface area contributed by atoms with E-state index in [0.717, 1.165) is 18.7 Å². The summed E-state index contributed by atoms with van der Waals surface area (Å²) in [6, 6.07) is 8.35. The van der Waals surface area contributed by atoms with Crippen LogP contribution < -0.4 is 11.1 Å². The molecule has 0 saturated heterocycles. The molecule has 3 N–H and O–H groups in total. The molecular weight excluding hydrogens is 243 g/mol. The molecule has 3 rings (SSSR count). The fourth-order valence-corrected chi connectivity index (χ4v) is 1.93. The van der Waals surface area contributed by atoms with E-state index < -0.39 is 0 Å². The standard InChI is InChI=1S/C14H15FN4/c15-11-4-2-1-3-10(11)8-17-13-7-12(16)18-14(19-13)9-5-6-9/h1-4,7,9H,5-6,8H2,(H3,16,17,18,19). The molecule has 4 nitrogen and oxygen atoms in total. The molecule has 98 valence electrons. The van der Waals surface area contributed by atoms with Crippen LogP contribution in [0.5, 0.6) is 0 Å². The Morgan fingerprint density at radius 1 is 1.26 bits per heavy atom. The van der Waals surface area contributed by atoms with Gasteiger partial charge in [-0.05, 0) is 18.9 Å². The van der Waals surface area contributed by atoms with Crippen LogP contribution in [-0.2, 0) is 6.54 Å². The van der Waals surface area contributed by atoms with Gasteiger partial charge in [0.25, 0.3) is 0 Å². The van der Waals surface area contributed by atoms with Crippen molar-refractivity contribution in [1.29, 1.82) is 0 Å². The third-order valence-corrected chi connectivity index (χ3v) is 3.12. The van der Waals surface area contributed by atoms with Gasteiger partial charge in [0.05, 0.1) is 0 Å². The summed E-state index contributed by atoms with van der Waals surface area (Å²) in [4.78, 5) is 8.64. The van der Waals surface area contributed by atoms with E-state index in [0.29, 0.717) is 29.7 Å². The lowest BCUT2D eigenvalue weighted by atomic mass is 10.2. The molecule has 1 aliphatic carbocycles. The van der Waals surface area contributed by atoms with Gasteiger partial charge < -0.3 is 11.1 Å². The highest BCUT2D eigenvalue weighted by Gasteiger charge is 2.27. The molecule has 1 aromatic carbocycles. The van der Waals surface area contributed by atoms with E-state index in [-0.39, 0.29) is 5.82 Å². The molecule has 1 fully saturated rings. The second-order valence-electron chi connectivity index (χ2n) is 4.76. The summed E-state index contributed by atoms with van der Waals surface area (Å²) < 4.78 is 13.5. The fraction of sp³-hybridized carbons (Fsp3) is 0.286. The summed E-state index contributed by atoms with van der Waals surface area (Å²) in [7, 11) is 0. The highest BCUT2D eigenvalue weighted by Crippen LogP contribution is 2.38. The second kappa shape index (κ2) is 4.84. The Hall–Kier alpha value is -2.17. The minimum absolute atomic E-state index is 0.223. The zero-order valence-electron chi connectivity index (χ0n) is 10.4. The number of nitrogen functional groups attached to an aromatic ring is 1. The molecule has 1 saturated carbocycles. The van der Waals surface area contributed by atoms with Gasteiger partial charge in [-0.15, -0.1) is 0 Å². The number of nitrogens with one attached hydrogen (secondary N) is 1. The van der Waals surface area contributed by atoms with Gasteiger partial charge in [-0.3, -0.25) is 0 Å². The van der Waals surface area contributed by atoms with E-state index in [1.54, 1.807) is 18.2 Å². The highest BCUT2D eigenvalue weighted by atomic mass is 19.1. The number of halogens is 1. The van der Waals surface area contributed by atoms with Crippen LogP contribution in [0.15, 0.2) is 30.3 Å². The van der Waals surface area contributed by atoms with E-state index >= 15 is 0 Å². The van der Waals surface area contributed by atoms with Crippen molar-refractivity contribution in [3.63, 3.8) is 0 Å². The van der Waals surface area contributed by atoms with Crippen molar-refractivity contribution in [2.75, 3.05) is 11.1 Å². The Labute approximate surface area is 110 Å². The molecule has 0 spiro atoms. The van der Waals surface area contributed by atoms with Crippen molar-refractivity contribution < 1.29 is 4.39 Å². The number of hydrogen-bond acceptors (Lipinski definition) is 4. The zero-order valence-corrected chi connectivity index (χ0v) is 10.4. The normalized spacial score (nSPS) is 14.4. The monoisotopic (exact) mass is 258 g/mol. The largest absolute Gasteiger partial charge is 0.384 e. The maximum Gasteiger partial charge on any atom is 0.136 e. The van der Waals surface area contributed by atoms with Crippen molar-refractivity contribution in [3.05, 3.63) is 47.5 Å². The minimum Gasteiger partial charge on any atom is -0.384 e. The van der Waals surface area contributed by atoms with Gasteiger partial charge in [0.2, 0.25) is 0 Å². The fourth-order valence-electron chi connectivity index (χ4n) is 1.93. The first-order valence-corrected chi connectivity index (χ1v) is 6.34. The van der Waals surface area contributed by atoms with Crippen LogP contribution in [0.4, 0.5) is 16.0 Å². The van der Waals surface area contributed by atoms with Gasteiger partial charge in [0.15, 0.2) is 0 Å². The van der Waals surface area contributed by atoms with Crippen molar-refractivity contribution >= 4 is 11.6 Å². The zero-order chi connectivity index (χ0) is 13.2. The third kappa shape index (κ3) is 2.81. The predicted molar refractivity (Wildman–Crippen MR) is 72.1 cm³/mol. The molecule has 5 heteroatoms. The SMILES string of the molecule is Nc1cc(NCc2ccccc2F)nc(C2CC2)n1. The molecule has 0 amide bonds. The Morgan fingerprint density at radius 2 is 2.05 bits per heavy atom. The summed E-state index contributed by atoms with van der Waals surface area (Å²) in [6.07, 6.45) is 2.24. The van der Waals surface area contributed by atoms with Gasteiger partial charge >= 0.3 is 0 Å². The van der Waals surface area contributed by atoms with Crippen LogP contribution in [0, 0.1) is 5.82 Å². The van der Waals surface area contributed by atoms with Gasteiger partial charge in [0, 0.05) is 24.1 Å². The van der Waals surface area contributed by atoms with Crippen molar-refractivity contribution in [2.45, 2.75) is 25.3 Å². The maximum atomic E-state index is 13.5. The Balaban J connectivity index is 1.74. The molecule has 1 aliphatic rings. The van der Waals surface area contributed by atoms with Gasteiger partial charge in [-0.2, -0.15) is 0 Å². The van der Waals surface area contributed by atoms with Crippen molar-refractivity contribution in [3.8, 4) is 0 Å². The number of benzene rings is 1. The van der Waals surface area contributed by atoms with Crippen molar-refractivity contribution in [1.82, 2.24) is 9.97 Å².